The van der Waals surface area contributed by atoms with Gasteiger partial charge in [-0.25, -0.2) is 17.7 Å². The number of benzene rings is 3. The molecule has 0 aliphatic carbocycles. The number of hydrogen-bond donors (Lipinski definition) is 1. The third kappa shape index (κ3) is 3.60. The summed E-state index contributed by atoms with van der Waals surface area (Å²) in [6.07, 6.45) is 0. The van der Waals surface area contributed by atoms with E-state index in [4.69, 9.17) is 9.72 Å². The molecule has 2 heterocycles. The van der Waals surface area contributed by atoms with Gasteiger partial charge in [-0.2, -0.15) is 0 Å². The summed E-state index contributed by atoms with van der Waals surface area (Å²) in [6, 6.07) is 19.9. The van der Waals surface area contributed by atoms with E-state index in [1.807, 2.05) is 59.9 Å². The minimum absolute atomic E-state index is 0.0743. The number of nitrogens with zero attached hydrogens (tertiary/aromatic N) is 3. The number of nitrogens with one attached hydrogen (secondary N) is 1. The SMILES string of the molecule is COc1ccc(C(=O)Nc2c3ccccc3n3c(C)nc4ccccc4c23)cc1S(=O)(=O)N(C)C. The molecule has 0 unspecified atom stereocenters. The number of para-hydroxylation sites is 2. The predicted octanol–water partition coefficient (Wildman–Crippen LogP) is 4.46. The average Bonchev–Trinajstić information content (AvgIpc) is 3.18. The lowest BCUT2D eigenvalue weighted by molar-refractivity contribution is 0.102. The van der Waals surface area contributed by atoms with Crippen molar-refractivity contribution in [3.63, 3.8) is 0 Å². The summed E-state index contributed by atoms with van der Waals surface area (Å²) in [7, 11) is 0.434. The van der Waals surface area contributed by atoms with E-state index >= 15 is 0 Å². The minimum Gasteiger partial charge on any atom is -0.495 e. The number of sulfonamides is 1. The quantitative estimate of drug-likeness (QED) is 0.394. The van der Waals surface area contributed by atoms with Crippen LogP contribution in [0.15, 0.2) is 71.6 Å². The van der Waals surface area contributed by atoms with Crippen LogP contribution in [0.25, 0.3) is 27.3 Å². The molecule has 0 aliphatic rings. The maximum Gasteiger partial charge on any atom is 0.255 e. The molecular formula is C26H24N4O4S. The summed E-state index contributed by atoms with van der Waals surface area (Å²) in [6.45, 7) is 1.93. The topological polar surface area (TPSA) is 93.0 Å². The maximum atomic E-state index is 13.5. The van der Waals surface area contributed by atoms with Crippen molar-refractivity contribution in [3.05, 3.63) is 78.1 Å². The van der Waals surface area contributed by atoms with Crippen LogP contribution in [0.4, 0.5) is 5.69 Å². The summed E-state index contributed by atoms with van der Waals surface area (Å²) in [5.74, 6) is 0.529. The number of methoxy groups -OCH3 is 1. The highest BCUT2D eigenvalue weighted by atomic mass is 32.2. The van der Waals surface area contributed by atoms with Crippen molar-refractivity contribution < 1.29 is 17.9 Å². The smallest absolute Gasteiger partial charge is 0.255 e. The Bertz CT molecular complexity index is 1740. The Hall–Kier alpha value is -3.95. The van der Waals surface area contributed by atoms with Crippen molar-refractivity contribution in [1.29, 1.82) is 0 Å². The van der Waals surface area contributed by atoms with E-state index in [2.05, 4.69) is 5.32 Å². The first kappa shape index (κ1) is 22.8. The lowest BCUT2D eigenvalue weighted by Gasteiger charge is -2.15. The fraction of sp³-hybridized carbons (Fsp3) is 0.154. The van der Waals surface area contributed by atoms with Gasteiger partial charge in [-0.15, -0.1) is 0 Å². The Morgan fingerprint density at radius 3 is 2.40 bits per heavy atom. The van der Waals surface area contributed by atoms with Crippen LogP contribution in [0.5, 0.6) is 5.75 Å². The van der Waals surface area contributed by atoms with Gasteiger partial charge in [0, 0.05) is 30.4 Å². The highest BCUT2D eigenvalue weighted by Crippen LogP contribution is 2.37. The van der Waals surface area contributed by atoms with Gasteiger partial charge in [0.25, 0.3) is 5.91 Å². The molecule has 0 radical (unpaired) electrons. The van der Waals surface area contributed by atoms with E-state index in [-0.39, 0.29) is 16.2 Å². The Morgan fingerprint density at radius 2 is 1.69 bits per heavy atom. The number of aromatic nitrogens is 2. The van der Waals surface area contributed by atoms with Gasteiger partial charge in [0.15, 0.2) is 0 Å². The Balaban J connectivity index is 1.71. The average molecular weight is 489 g/mol. The lowest BCUT2D eigenvalue weighted by Crippen LogP contribution is -2.23. The van der Waals surface area contributed by atoms with Gasteiger partial charge in [-0.3, -0.25) is 9.20 Å². The molecule has 9 heteroatoms. The van der Waals surface area contributed by atoms with Crippen LogP contribution in [0, 0.1) is 6.92 Å². The number of aryl methyl sites for hydroxylation is 1. The molecule has 1 N–H and O–H groups in total. The second-order valence-electron chi connectivity index (χ2n) is 8.36. The number of hydrogen-bond acceptors (Lipinski definition) is 5. The van der Waals surface area contributed by atoms with Crippen LogP contribution in [-0.4, -0.2) is 49.2 Å². The highest BCUT2D eigenvalue weighted by Gasteiger charge is 2.25. The molecule has 0 spiro atoms. The molecule has 0 fully saturated rings. The third-order valence-electron chi connectivity index (χ3n) is 6.06. The zero-order chi connectivity index (χ0) is 24.9. The number of carbonyl (C=O) groups is 1. The van der Waals surface area contributed by atoms with E-state index in [0.717, 1.165) is 37.5 Å². The molecule has 3 aromatic carbocycles. The molecule has 0 atom stereocenters. The second-order valence-corrected chi connectivity index (χ2v) is 10.5. The number of anilines is 1. The van der Waals surface area contributed by atoms with Gasteiger partial charge >= 0.3 is 0 Å². The molecule has 5 aromatic rings. The first-order valence-corrected chi connectivity index (χ1v) is 12.4. The van der Waals surface area contributed by atoms with Crippen LogP contribution >= 0.6 is 0 Å². The number of fused-ring (bicyclic) bond motifs is 5. The monoisotopic (exact) mass is 488 g/mol. The molecule has 0 bridgehead atoms. The first-order chi connectivity index (χ1) is 16.7. The molecule has 35 heavy (non-hydrogen) atoms. The van der Waals surface area contributed by atoms with E-state index < -0.39 is 15.9 Å². The van der Waals surface area contributed by atoms with Crippen LogP contribution in [0.2, 0.25) is 0 Å². The Morgan fingerprint density at radius 1 is 1.00 bits per heavy atom. The molecule has 5 rings (SSSR count). The summed E-state index contributed by atoms with van der Waals surface area (Å²) < 4.78 is 34.1. The van der Waals surface area contributed by atoms with Crippen molar-refractivity contribution in [2.75, 3.05) is 26.5 Å². The fourth-order valence-electron chi connectivity index (χ4n) is 4.36. The van der Waals surface area contributed by atoms with E-state index in [1.54, 1.807) is 6.07 Å². The van der Waals surface area contributed by atoms with Gasteiger partial charge in [0.1, 0.15) is 16.5 Å². The number of ether oxygens (including phenoxy) is 1. The van der Waals surface area contributed by atoms with Crippen LogP contribution < -0.4 is 10.1 Å². The fourth-order valence-corrected chi connectivity index (χ4v) is 5.43. The molecule has 0 aliphatic heterocycles. The molecule has 0 saturated heterocycles. The van der Waals surface area contributed by atoms with E-state index in [9.17, 15) is 13.2 Å². The number of carbonyl (C=O) groups excluding carboxylic acids is 1. The van der Waals surface area contributed by atoms with Gasteiger partial charge in [0.05, 0.1) is 29.3 Å². The molecule has 0 saturated carbocycles. The van der Waals surface area contributed by atoms with Crippen molar-refractivity contribution in [2.24, 2.45) is 0 Å². The number of amides is 1. The van der Waals surface area contributed by atoms with Crippen LogP contribution in [0.3, 0.4) is 0 Å². The van der Waals surface area contributed by atoms with E-state index in [1.165, 1.54) is 33.3 Å². The van der Waals surface area contributed by atoms with Gasteiger partial charge < -0.3 is 10.1 Å². The summed E-state index contributed by atoms with van der Waals surface area (Å²) in [5.41, 5.74) is 3.40. The third-order valence-corrected chi connectivity index (χ3v) is 7.90. The van der Waals surface area contributed by atoms with Gasteiger partial charge in [0.2, 0.25) is 10.0 Å². The number of rotatable bonds is 5. The summed E-state index contributed by atoms with van der Waals surface area (Å²) in [4.78, 5) is 18.2. The summed E-state index contributed by atoms with van der Waals surface area (Å²) in [5, 5.41) is 4.81. The molecule has 2 aromatic heterocycles. The van der Waals surface area contributed by atoms with Crippen LogP contribution in [0.1, 0.15) is 16.2 Å². The van der Waals surface area contributed by atoms with Crippen LogP contribution in [-0.2, 0) is 10.0 Å². The molecule has 8 nitrogen and oxygen atoms in total. The standard InChI is InChI=1S/C26H24N4O4S/c1-16-27-20-11-7-5-9-18(20)25-24(19-10-6-8-12-21(19)30(16)25)28-26(31)17-13-14-22(34-4)23(15-17)35(32,33)29(2)3/h5-15H,1-4H3,(H,28,31). The van der Waals surface area contributed by atoms with Crippen molar-refractivity contribution >= 4 is 48.9 Å². The Kier molecular flexibility index (Phi) is 5.46. The maximum absolute atomic E-state index is 13.5. The first-order valence-electron chi connectivity index (χ1n) is 10.9. The molecular weight excluding hydrogens is 464 g/mol. The Labute approximate surface area is 202 Å². The molecule has 1 amide bonds. The normalized spacial score (nSPS) is 12.0. The minimum atomic E-state index is -3.83. The van der Waals surface area contributed by atoms with Gasteiger partial charge in [-0.1, -0.05) is 36.4 Å². The second kappa shape index (κ2) is 8.37. The zero-order valence-electron chi connectivity index (χ0n) is 19.7. The molecule has 178 valence electrons. The lowest BCUT2D eigenvalue weighted by atomic mass is 10.1. The van der Waals surface area contributed by atoms with Crippen molar-refractivity contribution in [1.82, 2.24) is 13.7 Å². The van der Waals surface area contributed by atoms with Crippen molar-refractivity contribution in [2.45, 2.75) is 11.8 Å². The van der Waals surface area contributed by atoms with Gasteiger partial charge in [-0.05, 0) is 37.3 Å². The van der Waals surface area contributed by atoms with E-state index in [0.29, 0.717) is 5.69 Å². The predicted molar refractivity (Wildman–Crippen MR) is 137 cm³/mol. The highest BCUT2D eigenvalue weighted by molar-refractivity contribution is 7.89. The largest absolute Gasteiger partial charge is 0.495 e. The van der Waals surface area contributed by atoms with Crippen molar-refractivity contribution in [3.8, 4) is 5.75 Å². The zero-order valence-corrected chi connectivity index (χ0v) is 20.6. The summed E-state index contributed by atoms with van der Waals surface area (Å²) >= 11 is 0.